The highest BCUT2D eigenvalue weighted by Gasteiger charge is 2.22. The van der Waals surface area contributed by atoms with Crippen molar-refractivity contribution >= 4 is 19.8 Å². The minimum atomic E-state index is -4.75. The summed E-state index contributed by atoms with van der Waals surface area (Å²) in [6, 6.07) is 0. The number of esters is 2. The van der Waals surface area contributed by atoms with Gasteiger partial charge in [-0.15, -0.1) is 6.58 Å². The molecular formula is C43H81O8P. The van der Waals surface area contributed by atoms with Crippen molar-refractivity contribution in [3.63, 3.8) is 0 Å². The standard InChI is InChI=1S/C43H81O8P/c1-3-5-7-9-11-13-15-17-19-20-21-22-24-26-28-30-32-34-36-38-43(45)51-41(40-50-52(46,47)48)39-49-42(44)37-35-33-31-29-27-25-23-18-16-14-12-10-8-6-4-2/h4,17,19,41H,2-3,5-16,18,20-40H2,1H3,(H2,46,47,48)/b19-17+/t41-/m1/s1. The van der Waals surface area contributed by atoms with Gasteiger partial charge in [-0.2, -0.15) is 0 Å². The molecule has 0 heterocycles. The van der Waals surface area contributed by atoms with Gasteiger partial charge < -0.3 is 19.3 Å². The van der Waals surface area contributed by atoms with Crippen LogP contribution in [-0.4, -0.2) is 41.0 Å². The van der Waals surface area contributed by atoms with Gasteiger partial charge >= 0.3 is 19.8 Å². The van der Waals surface area contributed by atoms with E-state index in [1.165, 1.54) is 148 Å². The number of phosphoric ester groups is 1. The van der Waals surface area contributed by atoms with Crippen LogP contribution >= 0.6 is 7.82 Å². The molecule has 0 aromatic carbocycles. The maximum atomic E-state index is 12.4. The summed E-state index contributed by atoms with van der Waals surface area (Å²) >= 11 is 0. The Morgan fingerprint density at radius 1 is 0.538 bits per heavy atom. The zero-order valence-electron chi connectivity index (χ0n) is 33.6. The second-order valence-electron chi connectivity index (χ2n) is 14.8. The lowest BCUT2D eigenvalue weighted by Gasteiger charge is -2.18. The predicted molar refractivity (Wildman–Crippen MR) is 216 cm³/mol. The van der Waals surface area contributed by atoms with Gasteiger partial charge in [-0.3, -0.25) is 14.1 Å². The van der Waals surface area contributed by atoms with Crippen molar-refractivity contribution in [1.29, 1.82) is 0 Å². The minimum Gasteiger partial charge on any atom is -0.462 e. The number of allylic oxidation sites excluding steroid dienone is 3. The van der Waals surface area contributed by atoms with E-state index in [2.05, 4.69) is 30.2 Å². The minimum absolute atomic E-state index is 0.211. The van der Waals surface area contributed by atoms with Crippen LogP contribution in [0.15, 0.2) is 24.8 Å². The third-order valence-electron chi connectivity index (χ3n) is 9.59. The molecule has 0 fully saturated rings. The first-order valence-electron chi connectivity index (χ1n) is 21.6. The largest absolute Gasteiger partial charge is 0.469 e. The molecule has 2 N–H and O–H groups in total. The number of unbranched alkanes of at least 4 members (excludes halogenated alkanes) is 28. The van der Waals surface area contributed by atoms with Gasteiger partial charge in [0.25, 0.3) is 0 Å². The number of hydrogen-bond acceptors (Lipinski definition) is 6. The molecule has 0 aliphatic carbocycles. The van der Waals surface area contributed by atoms with Gasteiger partial charge in [0.15, 0.2) is 6.10 Å². The topological polar surface area (TPSA) is 119 Å². The van der Waals surface area contributed by atoms with Crippen molar-refractivity contribution in [1.82, 2.24) is 0 Å². The summed E-state index contributed by atoms with van der Waals surface area (Å²) in [5.74, 6) is -0.881. The highest BCUT2D eigenvalue weighted by molar-refractivity contribution is 7.46. The normalized spacial score (nSPS) is 12.4. The molecule has 0 aliphatic rings. The maximum absolute atomic E-state index is 12.4. The van der Waals surface area contributed by atoms with Crippen molar-refractivity contribution in [3.05, 3.63) is 24.8 Å². The molecule has 0 unspecified atom stereocenters. The fraction of sp³-hybridized carbons (Fsp3) is 0.860. The highest BCUT2D eigenvalue weighted by Crippen LogP contribution is 2.36. The molecule has 0 bridgehead atoms. The third-order valence-corrected chi connectivity index (χ3v) is 10.1. The van der Waals surface area contributed by atoms with Crippen molar-refractivity contribution in [2.75, 3.05) is 13.2 Å². The van der Waals surface area contributed by atoms with Gasteiger partial charge in [0.05, 0.1) is 6.61 Å². The highest BCUT2D eigenvalue weighted by atomic mass is 31.2. The van der Waals surface area contributed by atoms with E-state index in [4.69, 9.17) is 19.3 Å². The lowest BCUT2D eigenvalue weighted by molar-refractivity contribution is -0.161. The van der Waals surface area contributed by atoms with E-state index in [1.807, 2.05) is 6.08 Å². The van der Waals surface area contributed by atoms with Crippen molar-refractivity contribution in [2.45, 2.75) is 225 Å². The molecule has 0 rings (SSSR count). The number of rotatable bonds is 41. The van der Waals surface area contributed by atoms with E-state index in [9.17, 15) is 14.2 Å². The van der Waals surface area contributed by atoms with Crippen LogP contribution in [-0.2, 0) is 28.2 Å². The van der Waals surface area contributed by atoms with E-state index in [0.717, 1.165) is 44.9 Å². The molecule has 0 saturated heterocycles. The third kappa shape index (κ3) is 41.3. The van der Waals surface area contributed by atoms with Crippen LogP contribution in [0.4, 0.5) is 0 Å². The number of carbonyl (C=O) groups excluding carboxylic acids is 2. The van der Waals surface area contributed by atoms with Crippen LogP contribution in [0.3, 0.4) is 0 Å². The van der Waals surface area contributed by atoms with Crippen LogP contribution in [0.1, 0.15) is 219 Å². The first kappa shape index (κ1) is 50.5. The summed E-state index contributed by atoms with van der Waals surface area (Å²) in [5.41, 5.74) is 0. The van der Waals surface area contributed by atoms with Crippen molar-refractivity contribution < 1.29 is 37.9 Å². The Morgan fingerprint density at radius 2 is 0.904 bits per heavy atom. The first-order valence-corrected chi connectivity index (χ1v) is 23.1. The molecule has 0 aromatic rings. The summed E-state index contributed by atoms with van der Waals surface area (Å²) in [7, 11) is -4.75. The van der Waals surface area contributed by atoms with Crippen LogP contribution in [0.2, 0.25) is 0 Å². The first-order chi connectivity index (χ1) is 25.3. The average Bonchev–Trinajstić information content (AvgIpc) is 3.11. The molecule has 0 saturated carbocycles. The number of hydrogen-bond donors (Lipinski definition) is 2. The number of ether oxygens (including phenoxy) is 2. The Hall–Kier alpha value is -1.47. The molecule has 0 aromatic heterocycles. The van der Waals surface area contributed by atoms with Gasteiger partial charge in [0.1, 0.15) is 6.61 Å². The molecule has 0 radical (unpaired) electrons. The van der Waals surface area contributed by atoms with Crippen molar-refractivity contribution in [3.8, 4) is 0 Å². The molecule has 52 heavy (non-hydrogen) atoms. The van der Waals surface area contributed by atoms with E-state index < -0.39 is 32.5 Å². The quantitative estimate of drug-likeness (QED) is 0.0274. The van der Waals surface area contributed by atoms with Crippen LogP contribution in [0.25, 0.3) is 0 Å². The molecule has 9 heteroatoms. The van der Waals surface area contributed by atoms with Gasteiger partial charge in [0.2, 0.25) is 0 Å². The lowest BCUT2D eigenvalue weighted by atomic mass is 10.0. The molecule has 8 nitrogen and oxygen atoms in total. The summed E-state index contributed by atoms with van der Waals surface area (Å²) in [6.45, 7) is 5.21. The Morgan fingerprint density at radius 3 is 1.31 bits per heavy atom. The van der Waals surface area contributed by atoms with Crippen LogP contribution in [0, 0.1) is 0 Å². The van der Waals surface area contributed by atoms with Crippen LogP contribution in [0.5, 0.6) is 0 Å². The maximum Gasteiger partial charge on any atom is 0.469 e. The van der Waals surface area contributed by atoms with Crippen molar-refractivity contribution in [2.24, 2.45) is 0 Å². The fourth-order valence-electron chi connectivity index (χ4n) is 6.35. The Kier molecular flexibility index (Phi) is 38.1. The Bertz CT molecular complexity index is 886. The van der Waals surface area contributed by atoms with Crippen LogP contribution < -0.4 is 0 Å². The molecular weight excluding hydrogens is 675 g/mol. The molecule has 306 valence electrons. The number of phosphoric acid groups is 1. The van der Waals surface area contributed by atoms with Gasteiger partial charge in [-0.05, 0) is 51.4 Å². The Balaban J connectivity index is 3.86. The molecule has 0 spiro atoms. The zero-order valence-corrected chi connectivity index (χ0v) is 34.5. The van der Waals surface area contributed by atoms with Gasteiger partial charge in [-0.25, -0.2) is 4.57 Å². The smallest absolute Gasteiger partial charge is 0.462 e. The molecule has 1 atom stereocenters. The predicted octanol–water partition coefficient (Wildman–Crippen LogP) is 13.2. The molecule has 0 amide bonds. The average molecular weight is 757 g/mol. The second kappa shape index (κ2) is 39.2. The molecule has 0 aliphatic heterocycles. The van der Waals surface area contributed by atoms with E-state index >= 15 is 0 Å². The van der Waals surface area contributed by atoms with E-state index in [-0.39, 0.29) is 19.4 Å². The summed E-state index contributed by atoms with van der Waals surface area (Å²) in [5, 5.41) is 0. The SMILES string of the molecule is C=CCCCCCCCCCCCCCCCC(=O)OC[C@H](COP(=O)(O)O)OC(=O)CCCCCCCCCCC/C=C/CCCCCCCC. The Labute approximate surface area is 319 Å². The summed E-state index contributed by atoms with van der Waals surface area (Å²) in [4.78, 5) is 42.9. The fourth-order valence-corrected chi connectivity index (χ4v) is 6.71. The lowest BCUT2D eigenvalue weighted by Crippen LogP contribution is -2.29. The number of carbonyl (C=O) groups is 2. The second-order valence-corrected chi connectivity index (χ2v) is 16.0. The van der Waals surface area contributed by atoms with E-state index in [1.54, 1.807) is 0 Å². The van der Waals surface area contributed by atoms with Gasteiger partial charge in [-0.1, -0.05) is 173 Å². The summed E-state index contributed by atoms with van der Waals surface area (Å²) < 4.78 is 26.4. The summed E-state index contributed by atoms with van der Waals surface area (Å²) in [6.07, 6.45) is 43.6. The van der Waals surface area contributed by atoms with Gasteiger partial charge in [0, 0.05) is 12.8 Å². The van der Waals surface area contributed by atoms with E-state index in [0.29, 0.717) is 6.42 Å². The monoisotopic (exact) mass is 757 g/mol. The zero-order chi connectivity index (χ0) is 38.2.